The molecule has 8 nitrogen and oxygen atoms in total. The van der Waals surface area contributed by atoms with Gasteiger partial charge in [0.25, 0.3) is 0 Å². The first-order valence-corrected chi connectivity index (χ1v) is 8.17. The van der Waals surface area contributed by atoms with Crippen LogP contribution in [0.4, 0.5) is 16.2 Å². The van der Waals surface area contributed by atoms with E-state index in [0.717, 1.165) is 0 Å². The Morgan fingerprint density at radius 1 is 0.852 bits per heavy atom. The molecule has 2 aromatic rings. The third-order valence-electron chi connectivity index (χ3n) is 3.58. The van der Waals surface area contributed by atoms with Gasteiger partial charge in [-0.05, 0) is 31.2 Å². The quantitative estimate of drug-likeness (QED) is 0.720. The number of esters is 1. The van der Waals surface area contributed by atoms with Crippen molar-refractivity contribution in [1.29, 1.82) is 0 Å². The third-order valence-corrected chi connectivity index (χ3v) is 3.58. The molecule has 0 heterocycles. The van der Waals surface area contributed by atoms with Crippen molar-refractivity contribution < 1.29 is 28.5 Å². The Bertz CT molecular complexity index is 779. The minimum atomic E-state index is -0.465. The number of benzene rings is 2. The van der Waals surface area contributed by atoms with Crippen LogP contribution in [0.15, 0.2) is 36.4 Å². The van der Waals surface area contributed by atoms with Crippen molar-refractivity contribution in [3.63, 3.8) is 0 Å². The summed E-state index contributed by atoms with van der Waals surface area (Å²) in [5, 5.41) is 5.37. The molecule has 0 unspecified atom stereocenters. The predicted octanol–water partition coefficient (Wildman–Crippen LogP) is 3.53. The molecule has 0 aliphatic rings. The first-order chi connectivity index (χ1) is 13.0. The minimum Gasteiger partial charge on any atom is -0.493 e. The second kappa shape index (κ2) is 9.33. The highest BCUT2D eigenvalue weighted by molar-refractivity contribution is 6.00. The van der Waals surface area contributed by atoms with Gasteiger partial charge in [-0.15, -0.1) is 0 Å². The zero-order valence-electron chi connectivity index (χ0n) is 15.6. The Balaban J connectivity index is 2.08. The van der Waals surface area contributed by atoms with Crippen LogP contribution in [0, 0.1) is 0 Å². The molecule has 27 heavy (non-hydrogen) atoms. The molecular weight excluding hydrogens is 352 g/mol. The van der Waals surface area contributed by atoms with Crippen LogP contribution in [0.2, 0.25) is 0 Å². The molecule has 8 heteroatoms. The Hall–Kier alpha value is -3.42. The van der Waals surface area contributed by atoms with Gasteiger partial charge in [-0.3, -0.25) is 0 Å². The highest BCUT2D eigenvalue weighted by Crippen LogP contribution is 2.39. The molecule has 2 amide bonds. The van der Waals surface area contributed by atoms with E-state index in [1.165, 1.54) is 21.3 Å². The van der Waals surface area contributed by atoms with E-state index in [1.54, 1.807) is 43.3 Å². The van der Waals surface area contributed by atoms with Gasteiger partial charge in [0.1, 0.15) is 0 Å². The highest BCUT2D eigenvalue weighted by atomic mass is 16.5. The molecule has 0 radical (unpaired) electrons. The molecule has 0 aliphatic heterocycles. The second-order valence-corrected chi connectivity index (χ2v) is 5.29. The number of hydrogen-bond acceptors (Lipinski definition) is 6. The summed E-state index contributed by atoms with van der Waals surface area (Å²) in [4.78, 5) is 23.9. The maximum absolute atomic E-state index is 12.2. The third kappa shape index (κ3) is 5.04. The molecular formula is C19H22N2O6. The lowest BCUT2D eigenvalue weighted by Crippen LogP contribution is -2.19. The number of rotatable bonds is 7. The molecule has 0 bridgehead atoms. The van der Waals surface area contributed by atoms with Crippen molar-refractivity contribution in [2.75, 3.05) is 38.6 Å². The summed E-state index contributed by atoms with van der Waals surface area (Å²) in [6.45, 7) is 2.04. The largest absolute Gasteiger partial charge is 0.493 e. The van der Waals surface area contributed by atoms with Crippen molar-refractivity contribution in [1.82, 2.24) is 0 Å². The smallest absolute Gasteiger partial charge is 0.338 e. The summed E-state index contributed by atoms with van der Waals surface area (Å²) < 4.78 is 20.7. The van der Waals surface area contributed by atoms with Crippen LogP contribution in [0.3, 0.4) is 0 Å². The van der Waals surface area contributed by atoms with Crippen LogP contribution < -0.4 is 24.8 Å². The molecule has 0 aliphatic carbocycles. The number of carbonyl (C=O) groups is 2. The molecule has 0 saturated heterocycles. The van der Waals surface area contributed by atoms with E-state index in [4.69, 9.17) is 18.9 Å². The van der Waals surface area contributed by atoms with E-state index in [0.29, 0.717) is 40.8 Å². The van der Waals surface area contributed by atoms with Crippen molar-refractivity contribution in [3.8, 4) is 17.2 Å². The molecule has 144 valence electrons. The van der Waals surface area contributed by atoms with Crippen molar-refractivity contribution >= 4 is 23.4 Å². The van der Waals surface area contributed by atoms with E-state index in [-0.39, 0.29) is 0 Å². The van der Waals surface area contributed by atoms with Gasteiger partial charge in [0, 0.05) is 17.8 Å². The minimum absolute atomic E-state index is 0.302. The topological polar surface area (TPSA) is 95.1 Å². The molecule has 2 aromatic carbocycles. The molecule has 2 rings (SSSR count). The first kappa shape index (κ1) is 19.9. The molecule has 0 atom stereocenters. The van der Waals surface area contributed by atoms with E-state index >= 15 is 0 Å². The van der Waals surface area contributed by atoms with Gasteiger partial charge in [-0.25, -0.2) is 9.59 Å². The van der Waals surface area contributed by atoms with Gasteiger partial charge in [-0.1, -0.05) is 0 Å². The zero-order valence-corrected chi connectivity index (χ0v) is 15.6. The van der Waals surface area contributed by atoms with E-state index in [1.807, 2.05) is 0 Å². The fourth-order valence-electron chi connectivity index (χ4n) is 2.35. The number of anilines is 2. The van der Waals surface area contributed by atoms with Gasteiger partial charge in [0.15, 0.2) is 11.5 Å². The molecule has 0 fully saturated rings. The average Bonchev–Trinajstić information content (AvgIpc) is 2.67. The maximum atomic E-state index is 12.2. The fraction of sp³-hybridized carbons (Fsp3) is 0.263. The Kier molecular flexibility index (Phi) is 6.87. The Morgan fingerprint density at radius 3 is 1.89 bits per heavy atom. The van der Waals surface area contributed by atoms with Crippen molar-refractivity contribution in [2.45, 2.75) is 6.92 Å². The lowest BCUT2D eigenvalue weighted by Gasteiger charge is -2.15. The van der Waals surface area contributed by atoms with Crippen molar-refractivity contribution in [2.24, 2.45) is 0 Å². The molecule has 0 aromatic heterocycles. The lowest BCUT2D eigenvalue weighted by atomic mass is 10.2. The lowest BCUT2D eigenvalue weighted by molar-refractivity contribution is 0.0526. The number of hydrogen-bond donors (Lipinski definition) is 2. The fourth-order valence-corrected chi connectivity index (χ4v) is 2.35. The summed E-state index contributed by atoms with van der Waals surface area (Å²) in [6, 6.07) is 9.14. The van der Waals surface area contributed by atoms with Gasteiger partial charge in [0.2, 0.25) is 5.75 Å². The van der Waals surface area contributed by atoms with Gasteiger partial charge in [-0.2, -0.15) is 0 Å². The summed E-state index contributed by atoms with van der Waals surface area (Å²) >= 11 is 0. The standard InChI is InChI=1S/C19H22N2O6/c1-5-27-18(22)12-6-8-13(9-7-12)20-19(23)21-14-10-15(24-2)17(26-4)16(11-14)25-3/h6-11H,5H2,1-4H3,(H2,20,21,23). The van der Waals surface area contributed by atoms with E-state index < -0.39 is 12.0 Å². The molecule has 0 saturated carbocycles. The zero-order chi connectivity index (χ0) is 19.8. The monoisotopic (exact) mass is 374 g/mol. The number of carbonyl (C=O) groups excluding carboxylic acids is 2. The van der Waals surface area contributed by atoms with E-state index in [2.05, 4.69) is 10.6 Å². The number of amides is 2. The van der Waals surface area contributed by atoms with Crippen LogP contribution in [0.25, 0.3) is 0 Å². The Morgan fingerprint density at radius 2 is 1.41 bits per heavy atom. The molecule has 2 N–H and O–H groups in total. The van der Waals surface area contributed by atoms with Crippen LogP contribution in [0.1, 0.15) is 17.3 Å². The summed E-state index contributed by atoms with van der Waals surface area (Å²) in [5.74, 6) is 0.864. The predicted molar refractivity (Wildman–Crippen MR) is 101 cm³/mol. The highest BCUT2D eigenvalue weighted by Gasteiger charge is 2.14. The number of methoxy groups -OCH3 is 3. The summed E-state index contributed by atoms with van der Waals surface area (Å²) in [7, 11) is 4.48. The van der Waals surface area contributed by atoms with E-state index in [9.17, 15) is 9.59 Å². The SMILES string of the molecule is CCOC(=O)c1ccc(NC(=O)Nc2cc(OC)c(OC)c(OC)c2)cc1. The number of nitrogens with one attached hydrogen (secondary N) is 2. The van der Waals surface area contributed by atoms with Gasteiger partial charge < -0.3 is 29.6 Å². The van der Waals surface area contributed by atoms with Crippen molar-refractivity contribution in [3.05, 3.63) is 42.0 Å². The molecule has 0 spiro atoms. The number of ether oxygens (including phenoxy) is 4. The number of urea groups is 1. The normalized spacial score (nSPS) is 9.93. The summed E-state index contributed by atoms with van der Waals surface area (Å²) in [5.41, 5.74) is 1.39. The second-order valence-electron chi connectivity index (χ2n) is 5.29. The summed E-state index contributed by atoms with van der Waals surface area (Å²) in [6.07, 6.45) is 0. The first-order valence-electron chi connectivity index (χ1n) is 8.17. The average molecular weight is 374 g/mol. The van der Waals surface area contributed by atoms with Gasteiger partial charge in [0.05, 0.1) is 39.2 Å². The Labute approximate surface area is 157 Å². The van der Waals surface area contributed by atoms with Crippen LogP contribution in [-0.2, 0) is 4.74 Å². The van der Waals surface area contributed by atoms with Crippen LogP contribution in [0.5, 0.6) is 17.2 Å². The van der Waals surface area contributed by atoms with Gasteiger partial charge >= 0.3 is 12.0 Å². The maximum Gasteiger partial charge on any atom is 0.338 e. The van der Waals surface area contributed by atoms with Crippen LogP contribution in [-0.4, -0.2) is 39.9 Å². The van der Waals surface area contributed by atoms with Crippen LogP contribution >= 0.6 is 0 Å².